The summed E-state index contributed by atoms with van der Waals surface area (Å²) in [5.41, 5.74) is 5.89. The summed E-state index contributed by atoms with van der Waals surface area (Å²) < 4.78 is 0. The van der Waals surface area contributed by atoms with E-state index in [9.17, 15) is 4.79 Å². The predicted molar refractivity (Wildman–Crippen MR) is 87.8 cm³/mol. The van der Waals surface area contributed by atoms with E-state index in [4.69, 9.17) is 10.8 Å². The average Bonchev–Trinajstić information content (AvgIpc) is 2.57. The summed E-state index contributed by atoms with van der Waals surface area (Å²) in [6.07, 6.45) is 6.07. The monoisotopic (exact) mass is 319 g/mol. The van der Waals surface area contributed by atoms with Crippen LogP contribution in [0.5, 0.6) is 0 Å². The molecule has 3 heterocycles. The molecule has 7 nitrogen and oxygen atoms in total. The third-order valence-electron chi connectivity index (χ3n) is 5.14. The fraction of sp³-hybridized carbons (Fsp3) is 0.688. The van der Waals surface area contributed by atoms with E-state index in [1.54, 1.807) is 6.20 Å². The minimum Gasteiger partial charge on any atom is -0.396 e. The standard InChI is InChI=1S/C16H25N5O2/c17-15-18-7-3-13(19-15)20-9-5-16(6-10-20)4-2-14(23)21(12-16)8-1-11-22/h3,7,22H,1-2,4-6,8-12H2,(H2,17,18,19). The highest BCUT2D eigenvalue weighted by molar-refractivity contribution is 5.77. The van der Waals surface area contributed by atoms with E-state index in [0.717, 1.165) is 44.7 Å². The summed E-state index contributed by atoms with van der Waals surface area (Å²) in [7, 11) is 0. The maximum Gasteiger partial charge on any atom is 0.222 e. The molecule has 0 saturated carbocycles. The molecule has 1 amide bonds. The quantitative estimate of drug-likeness (QED) is 0.846. The number of nitrogens with two attached hydrogens (primary N) is 1. The molecule has 0 unspecified atom stereocenters. The number of carbonyl (C=O) groups excluding carboxylic acids is 1. The molecule has 7 heteroatoms. The number of anilines is 2. The van der Waals surface area contributed by atoms with Crippen LogP contribution in [-0.2, 0) is 4.79 Å². The summed E-state index contributed by atoms with van der Waals surface area (Å²) in [5.74, 6) is 1.42. The fourth-order valence-electron chi connectivity index (χ4n) is 3.73. The van der Waals surface area contributed by atoms with Crippen LogP contribution in [0.15, 0.2) is 12.3 Å². The third kappa shape index (κ3) is 3.55. The van der Waals surface area contributed by atoms with Crippen molar-refractivity contribution in [1.82, 2.24) is 14.9 Å². The first-order valence-electron chi connectivity index (χ1n) is 8.34. The number of aliphatic hydroxyl groups is 1. The molecule has 3 rings (SSSR count). The smallest absolute Gasteiger partial charge is 0.222 e. The van der Waals surface area contributed by atoms with Crippen LogP contribution >= 0.6 is 0 Å². The number of aliphatic hydroxyl groups excluding tert-OH is 1. The van der Waals surface area contributed by atoms with Crippen LogP contribution in [0.4, 0.5) is 11.8 Å². The average molecular weight is 319 g/mol. The molecule has 2 saturated heterocycles. The highest BCUT2D eigenvalue weighted by atomic mass is 16.3. The number of carbonyl (C=O) groups is 1. The van der Waals surface area contributed by atoms with Gasteiger partial charge in [0.05, 0.1) is 0 Å². The number of piperidine rings is 2. The second kappa shape index (κ2) is 6.70. The van der Waals surface area contributed by atoms with Crippen molar-refractivity contribution in [3.8, 4) is 0 Å². The molecular weight excluding hydrogens is 294 g/mol. The van der Waals surface area contributed by atoms with Gasteiger partial charge in [-0.1, -0.05) is 0 Å². The molecule has 0 aromatic carbocycles. The van der Waals surface area contributed by atoms with E-state index < -0.39 is 0 Å². The summed E-state index contributed by atoms with van der Waals surface area (Å²) >= 11 is 0. The minimum absolute atomic E-state index is 0.139. The van der Waals surface area contributed by atoms with Crippen molar-refractivity contribution < 1.29 is 9.90 Å². The summed E-state index contributed by atoms with van der Waals surface area (Å²) in [5, 5.41) is 9.00. The molecule has 0 radical (unpaired) electrons. The summed E-state index contributed by atoms with van der Waals surface area (Å²) in [6.45, 7) is 3.49. The van der Waals surface area contributed by atoms with Crippen molar-refractivity contribution in [2.45, 2.75) is 32.1 Å². The van der Waals surface area contributed by atoms with Crippen LogP contribution in [0.1, 0.15) is 32.1 Å². The lowest BCUT2D eigenvalue weighted by Crippen LogP contribution is -2.51. The molecule has 3 N–H and O–H groups in total. The normalized spacial score (nSPS) is 21.0. The molecule has 2 aliphatic heterocycles. The Labute approximate surface area is 136 Å². The fourth-order valence-corrected chi connectivity index (χ4v) is 3.73. The lowest BCUT2D eigenvalue weighted by molar-refractivity contribution is -0.138. The van der Waals surface area contributed by atoms with Crippen LogP contribution in [-0.4, -0.2) is 58.7 Å². The second-order valence-electron chi connectivity index (χ2n) is 6.65. The molecule has 1 aromatic rings. The third-order valence-corrected chi connectivity index (χ3v) is 5.14. The SMILES string of the molecule is Nc1nccc(N2CCC3(CCC(=O)N(CCCO)C3)CC2)n1. The number of hydrogen-bond acceptors (Lipinski definition) is 6. The molecule has 2 fully saturated rings. The Balaban J connectivity index is 1.62. The maximum atomic E-state index is 12.1. The molecule has 2 aliphatic rings. The van der Waals surface area contributed by atoms with E-state index in [2.05, 4.69) is 14.9 Å². The lowest BCUT2D eigenvalue weighted by Gasteiger charge is -2.47. The van der Waals surface area contributed by atoms with E-state index in [-0.39, 0.29) is 17.9 Å². The molecule has 126 valence electrons. The number of hydrogen-bond donors (Lipinski definition) is 2. The van der Waals surface area contributed by atoms with Crippen molar-refractivity contribution in [2.75, 3.05) is 43.4 Å². The topological polar surface area (TPSA) is 95.6 Å². The summed E-state index contributed by atoms with van der Waals surface area (Å²) in [4.78, 5) is 24.5. The van der Waals surface area contributed by atoms with Gasteiger partial charge in [-0.2, -0.15) is 4.98 Å². The van der Waals surface area contributed by atoms with E-state index >= 15 is 0 Å². The van der Waals surface area contributed by atoms with Crippen LogP contribution in [0.25, 0.3) is 0 Å². The molecular formula is C16H25N5O2. The molecule has 1 aromatic heterocycles. The molecule has 0 atom stereocenters. The van der Waals surface area contributed by atoms with E-state index in [0.29, 0.717) is 25.3 Å². The maximum absolute atomic E-state index is 12.1. The van der Waals surface area contributed by atoms with Crippen molar-refractivity contribution in [3.05, 3.63) is 12.3 Å². The van der Waals surface area contributed by atoms with Crippen LogP contribution in [0.2, 0.25) is 0 Å². The summed E-state index contributed by atoms with van der Waals surface area (Å²) in [6, 6.07) is 1.90. The van der Waals surface area contributed by atoms with Crippen LogP contribution in [0.3, 0.4) is 0 Å². The van der Waals surface area contributed by atoms with Gasteiger partial charge >= 0.3 is 0 Å². The first kappa shape index (κ1) is 16.0. The Morgan fingerprint density at radius 1 is 1.30 bits per heavy atom. The van der Waals surface area contributed by atoms with Gasteiger partial charge in [-0.05, 0) is 37.2 Å². The van der Waals surface area contributed by atoms with Crippen molar-refractivity contribution in [3.63, 3.8) is 0 Å². The Morgan fingerprint density at radius 2 is 2.09 bits per heavy atom. The van der Waals surface area contributed by atoms with Crippen molar-refractivity contribution in [1.29, 1.82) is 0 Å². The zero-order valence-electron chi connectivity index (χ0n) is 13.4. The van der Waals surface area contributed by atoms with Gasteiger partial charge in [0, 0.05) is 45.4 Å². The van der Waals surface area contributed by atoms with E-state index in [1.807, 2.05) is 11.0 Å². The van der Waals surface area contributed by atoms with Gasteiger partial charge in [0.15, 0.2) is 0 Å². The number of nitrogen functional groups attached to an aromatic ring is 1. The van der Waals surface area contributed by atoms with Crippen molar-refractivity contribution in [2.24, 2.45) is 5.41 Å². The predicted octanol–water partition coefficient (Wildman–Crippen LogP) is 0.650. The van der Waals surface area contributed by atoms with Crippen LogP contribution in [0, 0.1) is 5.41 Å². The van der Waals surface area contributed by atoms with Crippen LogP contribution < -0.4 is 10.6 Å². The first-order valence-corrected chi connectivity index (χ1v) is 8.34. The van der Waals surface area contributed by atoms with Gasteiger partial charge in [0.1, 0.15) is 5.82 Å². The van der Waals surface area contributed by atoms with Gasteiger partial charge in [-0.3, -0.25) is 4.79 Å². The Morgan fingerprint density at radius 3 is 2.78 bits per heavy atom. The molecule has 0 bridgehead atoms. The Bertz CT molecular complexity index is 557. The van der Waals surface area contributed by atoms with E-state index in [1.165, 1.54) is 0 Å². The Kier molecular flexibility index (Phi) is 4.66. The highest BCUT2D eigenvalue weighted by Gasteiger charge is 2.40. The number of aromatic nitrogens is 2. The number of amides is 1. The number of nitrogens with zero attached hydrogens (tertiary/aromatic N) is 4. The zero-order valence-corrected chi connectivity index (χ0v) is 13.4. The Hall–Kier alpha value is -1.89. The van der Waals surface area contributed by atoms with Gasteiger partial charge in [-0.15, -0.1) is 0 Å². The molecule has 23 heavy (non-hydrogen) atoms. The van der Waals surface area contributed by atoms with Gasteiger partial charge in [-0.25, -0.2) is 4.98 Å². The van der Waals surface area contributed by atoms with Gasteiger partial charge in [0.2, 0.25) is 11.9 Å². The van der Waals surface area contributed by atoms with Gasteiger partial charge < -0.3 is 20.6 Å². The molecule has 1 spiro atoms. The second-order valence-corrected chi connectivity index (χ2v) is 6.65. The zero-order chi connectivity index (χ0) is 16.3. The van der Waals surface area contributed by atoms with Crippen molar-refractivity contribution >= 4 is 17.7 Å². The number of rotatable bonds is 4. The lowest BCUT2D eigenvalue weighted by atomic mass is 9.72. The molecule has 0 aliphatic carbocycles. The largest absolute Gasteiger partial charge is 0.396 e. The number of likely N-dealkylation sites (tertiary alicyclic amines) is 1. The highest BCUT2D eigenvalue weighted by Crippen LogP contribution is 2.40. The minimum atomic E-state index is 0.139. The van der Waals surface area contributed by atoms with Gasteiger partial charge in [0.25, 0.3) is 0 Å². The first-order chi connectivity index (χ1) is 11.1.